The summed E-state index contributed by atoms with van der Waals surface area (Å²) in [5.41, 5.74) is 6.84. The molecule has 0 unspecified atom stereocenters. The highest BCUT2D eigenvalue weighted by Gasteiger charge is 2.04. The number of nitrogens with one attached hydrogen (secondary N) is 1. The summed E-state index contributed by atoms with van der Waals surface area (Å²) in [5.74, 6) is -0.556. The summed E-state index contributed by atoms with van der Waals surface area (Å²) in [5, 5.41) is 7.13. The van der Waals surface area contributed by atoms with Crippen molar-refractivity contribution in [3.63, 3.8) is 0 Å². The first-order valence-corrected chi connectivity index (χ1v) is 5.52. The Hall–Kier alpha value is -2.11. The summed E-state index contributed by atoms with van der Waals surface area (Å²) in [7, 11) is 1.77. The molecule has 0 atom stereocenters. The van der Waals surface area contributed by atoms with Crippen LogP contribution in [0.3, 0.4) is 0 Å². The lowest BCUT2D eigenvalue weighted by Crippen LogP contribution is -2.07. The van der Waals surface area contributed by atoms with Gasteiger partial charge in [-0.15, -0.1) is 0 Å². The van der Waals surface area contributed by atoms with E-state index in [2.05, 4.69) is 10.4 Å². The first kappa shape index (κ1) is 12.3. The van der Waals surface area contributed by atoms with Gasteiger partial charge < -0.3 is 11.1 Å². The van der Waals surface area contributed by atoms with Crippen LogP contribution in [-0.4, -0.2) is 16.3 Å². The molecule has 1 aromatic carbocycles. The first-order valence-electron chi connectivity index (χ1n) is 5.52. The fraction of sp³-hybridized carbons (Fsp3) is 0.250. The fourth-order valence-electron chi connectivity index (χ4n) is 1.72. The molecule has 2 rings (SSSR count). The Labute approximate surface area is 103 Å². The molecule has 0 saturated carbocycles. The summed E-state index contributed by atoms with van der Waals surface area (Å²) in [6.45, 7) is 0.504. The van der Waals surface area contributed by atoms with E-state index in [4.69, 9.17) is 5.73 Å². The number of halogens is 2. The lowest BCUT2D eigenvalue weighted by atomic mass is 10.1. The normalized spacial score (nSPS) is 10.6. The number of nitrogens with two attached hydrogens (primary N) is 1. The Balaban J connectivity index is 1.94. The first-order chi connectivity index (χ1) is 8.54. The van der Waals surface area contributed by atoms with Crippen molar-refractivity contribution in [2.24, 2.45) is 7.05 Å². The van der Waals surface area contributed by atoms with Gasteiger partial charge in [-0.1, -0.05) is 0 Å². The molecule has 6 heteroatoms. The predicted molar refractivity (Wildman–Crippen MR) is 66.2 cm³/mol. The van der Waals surface area contributed by atoms with Crippen LogP contribution in [0.4, 0.5) is 20.3 Å². The van der Waals surface area contributed by atoms with Crippen LogP contribution in [0, 0.1) is 11.6 Å². The highest BCUT2D eigenvalue weighted by molar-refractivity contribution is 5.59. The van der Waals surface area contributed by atoms with Gasteiger partial charge in [0.15, 0.2) is 5.82 Å². The van der Waals surface area contributed by atoms with Crippen LogP contribution in [0.15, 0.2) is 24.4 Å². The Morgan fingerprint density at radius 1 is 1.28 bits per heavy atom. The molecule has 1 heterocycles. The van der Waals surface area contributed by atoms with E-state index >= 15 is 0 Å². The zero-order valence-electron chi connectivity index (χ0n) is 9.95. The highest BCUT2D eigenvalue weighted by Crippen LogP contribution is 2.14. The van der Waals surface area contributed by atoms with E-state index in [-0.39, 0.29) is 0 Å². The number of nitrogen functional groups attached to an aromatic ring is 1. The standard InChI is InChI=1S/C12H14F2N4/c1-18-7-11(15)12(17-18)16-3-2-8-4-9(13)6-10(14)5-8/h4-7H,2-3,15H2,1H3,(H,16,17). The largest absolute Gasteiger partial charge is 0.394 e. The Bertz CT molecular complexity index is 531. The van der Waals surface area contributed by atoms with Crippen LogP contribution in [0.2, 0.25) is 0 Å². The monoisotopic (exact) mass is 252 g/mol. The van der Waals surface area contributed by atoms with Crippen molar-refractivity contribution in [3.05, 3.63) is 41.6 Å². The third-order valence-electron chi connectivity index (χ3n) is 2.49. The van der Waals surface area contributed by atoms with Gasteiger partial charge in [-0.25, -0.2) is 8.78 Å². The SMILES string of the molecule is Cn1cc(N)c(NCCc2cc(F)cc(F)c2)n1. The van der Waals surface area contributed by atoms with E-state index in [1.54, 1.807) is 17.9 Å². The molecule has 4 nitrogen and oxygen atoms in total. The summed E-state index contributed by atoms with van der Waals surface area (Å²) in [6.07, 6.45) is 2.18. The minimum absolute atomic E-state index is 0.491. The molecule has 0 bridgehead atoms. The molecule has 0 spiro atoms. The number of benzene rings is 1. The zero-order chi connectivity index (χ0) is 13.1. The van der Waals surface area contributed by atoms with Gasteiger partial charge in [0.05, 0.1) is 5.69 Å². The topological polar surface area (TPSA) is 55.9 Å². The van der Waals surface area contributed by atoms with E-state index < -0.39 is 11.6 Å². The number of aryl methyl sites for hydroxylation is 1. The average Bonchev–Trinajstić information content (AvgIpc) is 2.56. The van der Waals surface area contributed by atoms with Crippen molar-refractivity contribution in [1.29, 1.82) is 0 Å². The summed E-state index contributed by atoms with van der Waals surface area (Å²) >= 11 is 0. The van der Waals surface area contributed by atoms with Crippen molar-refractivity contribution in [2.75, 3.05) is 17.6 Å². The fourth-order valence-corrected chi connectivity index (χ4v) is 1.72. The van der Waals surface area contributed by atoms with Gasteiger partial charge in [0.2, 0.25) is 0 Å². The van der Waals surface area contributed by atoms with Crippen LogP contribution in [0.5, 0.6) is 0 Å². The van der Waals surface area contributed by atoms with Crippen LogP contribution in [-0.2, 0) is 13.5 Å². The van der Waals surface area contributed by atoms with Gasteiger partial charge >= 0.3 is 0 Å². The van der Waals surface area contributed by atoms with E-state index in [0.717, 1.165) is 6.07 Å². The lowest BCUT2D eigenvalue weighted by Gasteiger charge is -2.04. The molecule has 18 heavy (non-hydrogen) atoms. The van der Waals surface area contributed by atoms with E-state index in [9.17, 15) is 8.78 Å². The van der Waals surface area contributed by atoms with Gasteiger partial charge in [0.25, 0.3) is 0 Å². The second-order valence-electron chi connectivity index (χ2n) is 4.06. The average molecular weight is 252 g/mol. The van der Waals surface area contributed by atoms with Crippen LogP contribution in [0.25, 0.3) is 0 Å². The number of hydrogen-bond acceptors (Lipinski definition) is 3. The quantitative estimate of drug-likeness (QED) is 0.874. The maximum atomic E-state index is 12.9. The smallest absolute Gasteiger partial charge is 0.171 e. The molecule has 0 aliphatic rings. The number of nitrogens with zero attached hydrogens (tertiary/aromatic N) is 2. The maximum Gasteiger partial charge on any atom is 0.171 e. The Kier molecular flexibility index (Phi) is 3.45. The van der Waals surface area contributed by atoms with Crippen LogP contribution in [0.1, 0.15) is 5.56 Å². The molecule has 0 aliphatic heterocycles. The van der Waals surface area contributed by atoms with Gasteiger partial charge in [-0.05, 0) is 24.1 Å². The molecule has 96 valence electrons. The minimum atomic E-state index is -0.567. The number of anilines is 2. The van der Waals surface area contributed by atoms with Crippen molar-refractivity contribution in [3.8, 4) is 0 Å². The number of aromatic nitrogens is 2. The molecule has 0 saturated heterocycles. The second-order valence-corrected chi connectivity index (χ2v) is 4.06. The van der Waals surface area contributed by atoms with Crippen molar-refractivity contribution >= 4 is 11.5 Å². The van der Waals surface area contributed by atoms with Crippen LogP contribution < -0.4 is 11.1 Å². The number of rotatable bonds is 4. The van der Waals surface area contributed by atoms with Crippen molar-refractivity contribution in [1.82, 2.24) is 9.78 Å². The molecule has 0 radical (unpaired) electrons. The van der Waals surface area contributed by atoms with Crippen molar-refractivity contribution in [2.45, 2.75) is 6.42 Å². The lowest BCUT2D eigenvalue weighted by molar-refractivity contribution is 0.580. The zero-order valence-corrected chi connectivity index (χ0v) is 9.95. The highest BCUT2D eigenvalue weighted by atomic mass is 19.1. The molecule has 1 aromatic heterocycles. The van der Waals surface area contributed by atoms with Gasteiger partial charge in [-0.2, -0.15) is 5.10 Å². The van der Waals surface area contributed by atoms with Crippen LogP contribution >= 0.6 is 0 Å². The maximum absolute atomic E-state index is 12.9. The van der Waals surface area contributed by atoms with E-state index in [0.29, 0.717) is 30.0 Å². The minimum Gasteiger partial charge on any atom is -0.394 e. The molecule has 0 fully saturated rings. The summed E-state index contributed by atoms with van der Waals surface area (Å²) in [4.78, 5) is 0. The van der Waals surface area contributed by atoms with Gasteiger partial charge in [0, 0.05) is 25.9 Å². The third kappa shape index (κ3) is 2.97. The van der Waals surface area contributed by atoms with Gasteiger partial charge in [-0.3, -0.25) is 4.68 Å². The predicted octanol–water partition coefficient (Wildman–Crippen LogP) is 1.94. The molecular formula is C12H14F2N4. The molecule has 0 aliphatic carbocycles. The molecule has 3 N–H and O–H groups in total. The van der Waals surface area contributed by atoms with Crippen molar-refractivity contribution < 1.29 is 8.78 Å². The Morgan fingerprint density at radius 3 is 2.50 bits per heavy atom. The summed E-state index contributed by atoms with van der Waals surface area (Å²) in [6, 6.07) is 3.48. The number of hydrogen-bond donors (Lipinski definition) is 2. The molecule has 0 amide bonds. The third-order valence-corrected chi connectivity index (χ3v) is 2.49. The molecule has 2 aromatic rings. The molecular weight excluding hydrogens is 238 g/mol. The second kappa shape index (κ2) is 5.03. The van der Waals surface area contributed by atoms with E-state index in [1.165, 1.54) is 12.1 Å². The van der Waals surface area contributed by atoms with E-state index in [1.807, 2.05) is 0 Å². The van der Waals surface area contributed by atoms with Gasteiger partial charge in [0.1, 0.15) is 11.6 Å². The summed E-state index contributed by atoms with van der Waals surface area (Å²) < 4.78 is 27.5. The Morgan fingerprint density at radius 2 is 1.94 bits per heavy atom.